The molecule has 0 saturated heterocycles. The average molecular weight is 401 g/mol. The highest BCUT2D eigenvalue weighted by molar-refractivity contribution is 9.10. The maximum absolute atomic E-state index is 13.1. The van der Waals surface area contributed by atoms with Gasteiger partial charge in [-0.25, -0.2) is 0 Å². The number of hydrogen-bond donors (Lipinski definition) is 0. The summed E-state index contributed by atoms with van der Waals surface area (Å²) in [4.78, 5) is 13.1. The van der Waals surface area contributed by atoms with Gasteiger partial charge in [0.25, 0.3) is 0 Å². The predicted molar refractivity (Wildman–Crippen MR) is 112 cm³/mol. The molecule has 0 saturated carbocycles. The molecule has 1 nitrogen and oxygen atoms in total. The number of benzene rings is 4. The zero-order valence-corrected chi connectivity index (χ0v) is 16.0. The van der Waals surface area contributed by atoms with Crippen LogP contribution in [0.3, 0.4) is 0 Å². The van der Waals surface area contributed by atoms with Crippen LogP contribution in [0.4, 0.5) is 0 Å². The smallest absolute Gasteiger partial charge is 0.193 e. The molecule has 4 rings (SSSR count). The fraction of sp³-hybridized carbons (Fsp3) is 0.0417. The maximum Gasteiger partial charge on any atom is 0.193 e. The van der Waals surface area contributed by atoms with Crippen molar-refractivity contribution in [3.8, 4) is 11.1 Å². The Balaban J connectivity index is 1.94. The molecule has 0 bridgehead atoms. The Kier molecular flexibility index (Phi) is 4.44. The van der Waals surface area contributed by atoms with Gasteiger partial charge in [-0.1, -0.05) is 82.7 Å². The largest absolute Gasteiger partial charge is 0.289 e. The molecular formula is C24H17BrO. The number of halogens is 1. The summed E-state index contributed by atoms with van der Waals surface area (Å²) in [5.41, 5.74) is 4.65. The quantitative estimate of drug-likeness (QED) is 0.345. The Labute approximate surface area is 161 Å². The third-order valence-corrected chi connectivity index (χ3v) is 5.24. The number of fused-ring (bicyclic) bond motifs is 1. The van der Waals surface area contributed by atoms with E-state index >= 15 is 0 Å². The summed E-state index contributed by atoms with van der Waals surface area (Å²) in [6.45, 7) is 2.12. The molecule has 0 aliphatic carbocycles. The first kappa shape index (κ1) is 16.7. The van der Waals surface area contributed by atoms with E-state index in [1.54, 1.807) is 0 Å². The van der Waals surface area contributed by atoms with Crippen LogP contribution in [0.25, 0.3) is 21.9 Å². The minimum atomic E-state index is 0.0423. The summed E-state index contributed by atoms with van der Waals surface area (Å²) in [6.07, 6.45) is 0. The fourth-order valence-corrected chi connectivity index (χ4v) is 3.76. The highest BCUT2D eigenvalue weighted by Crippen LogP contribution is 2.34. The summed E-state index contributed by atoms with van der Waals surface area (Å²) < 4.78 is 0.963. The van der Waals surface area contributed by atoms with Gasteiger partial charge in [0.2, 0.25) is 0 Å². The normalized spacial score (nSPS) is 10.8. The van der Waals surface area contributed by atoms with E-state index in [4.69, 9.17) is 0 Å². The Morgan fingerprint density at radius 3 is 2.31 bits per heavy atom. The molecular weight excluding hydrogens is 384 g/mol. The van der Waals surface area contributed by atoms with Crippen molar-refractivity contribution in [2.75, 3.05) is 0 Å². The van der Waals surface area contributed by atoms with Crippen molar-refractivity contribution < 1.29 is 4.79 Å². The second-order valence-corrected chi connectivity index (χ2v) is 7.26. The Bertz CT molecular complexity index is 1110. The van der Waals surface area contributed by atoms with E-state index in [9.17, 15) is 4.79 Å². The lowest BCUT2D eigenvalue weighted by molar-refractivity contribution is 0.103. The van der Waals surface area contributed by atoms with Gasteiger partial charge in [0, 0.05) is 15.6 Å². The van der Waals surface area contributed by atoms with Crippen LogP contribution >= 0.6 is 15.9 Å². The van der Waals surface area contributed by atoms with Crippen LogP contribution in [-0.4, -0.2) is 5.78 Å². The summed E-state index contributed by atoms with van der Waals surface area (Å²) in [5, 5.41) is 2.42. The topological polar surface area (TPSA) is 17.1 Å². The lowest BCUT2D eigenvalue weighted by Gasteiger charge is -2.14. The molecule has 0 aliphatic rings. The van der Waals surface area contributed by atoms with Crippen molar-refractivity contribution in [1.82, 2.24) is 0 Å². The lowest BCUT2D eigenvalue weighted by Crippen LogP contribution is -2.04. The highest BCUT2D eigenvalue weighted by Gasteiger charge is 2.17. The molecule has 0 unspecified atom stereocenters. The van der Waals surface area contributed by atoms with Crippen molar-refractivity contribution in [2.45, 2.75) is 6.92 Å². The zero-order valence-electron chi connectivity index (χ0n) is 14.4. The van der Waals surface area contributed by atoms with Crippen molar-refractivity contribution in [2.24, 2.45) is 0 Å². The number of ketones is 1. The van der Waals surface area contributed by atoms with E-state index in [0.717, 1.165) is 21.2 Å². The summed E-state index contributed by atoms with van der Waals surface area (Å²) >= 11 is 3.56. The maximum atomic E-state index is 13.1. The van der Waals surface area contributed by atoms with Gasteiger partial charge in [0.1, 0.15) is 0 Å². The number of rotatable bonds is 3. The molecule has 0 aromatic heterocycles. The molecule has 0 aliphatic heterocycles. The van der Waals surface area contributed by atoms with Gasteiger partial charge in [-0.3, -0.25) is 4.79 Å². The molecule has 26 heavy (non-hydrogen) atoms. The van der Waals surface area contributed by atoms with Gasteiger partial charge in [0.05, 0.1) is 0 Å². The van der Waals surface area contributed by atoms with Crippen LogP contribution in [0, 0.1) is 6.92 Å². The van der Waals surface area contributed by atoms with Crippen LogP contribution < -0.4 is 0 Å². The van der Waals surface area contributed by atoms with Crippen LogP contribution in [0.5, 0.6) is 0 Å². The first-order chi connectivity index (χ1) is 12.6. The molecule has 126 valence electrons. The summed E-state index contributed by atoms with van der Waals surface area (Å²) in [7, 11) is 0. The van der Waals surface area contributed by atoms with Crippen molar-refractivity contribution in [1.29, 1.82) is 0 Å². The van der Waals surface area contributed by atoms with Gasteiger partial charge < -0.3 is 0 Å². The van der Waals surface area contributed by atoms with E-state index in [-0.39, 0.29) is 5.78 Å². The number of aryl methyl sites for hydroxylation is 1. The minimum absolute atomic E-state index is 0.0423. The third kappa shape index (κ3) is 2.97. The number of hydrogen-bond acceptors (Lipinski definition) is 1. The standard InChI is InChI=1S/C24H17BrO/c1-16-20-10-6-5-7-17(20)11-13-21(16)23-15-19(25)12-14-22(23)24(26)18-8-3-2-4-9-18/h2-15H,1H3. The zero-order chi connectivity index (χ0) is 18.1. The molecule has 0 heterocycles. The molecule has 4 aromatic carbocycles. The van der Waals surface area contributed by atoms with E-state index in [1.807, 2.05) is 54.6 Å². The van der Waals surface area contributed by atoms with Gasteiger partial charge >= 0.3 is 0 Å². The first-order valence-electron chi connectivity index (χ1n) is 8.53. The summed E-state index contributed by atoms with van der Waals surface area (Å²) in [6, 6.07) is 27.9. The second-order valence-electron chi connectivity index (χ2n) is 6.34. The molecule has 0 fully saturated rings. The summed E-state index contributed by atoms with van der Waals surface area (Å²) in [5.74, 6) is 0.0423. The molecule has 0 amide bonds. The van der Waals surface area contributed by atoms with Crippen LogP contribution in [0.1, 0.15) is 21.5 Å². The van der Waals surface area contributed by atoms with E-state index in [1.165, 1.54) is 16.3 Å². The molecule has 0 radical (unpaired) electrons. The minimum Gasteiger partial charge on any atom is -0.289 e. The lowest BCUT2D eigenvalue weighted by atomic mass is 9.89. The van der Waals surface area contributed by atoms with E-state index in [0.29, 0.717) is 5.56 Å². The van der Waals surface area contributed by atoms with E-state index in [2.05, 4.69) is 53.2 Å². The third-order valence-electron chi connectivity index (χ3n) is 4.75. The molecule has 0 spiro atoms. The Hall–Kier alpha value is -2.71. The van der Waals surface area contributed by atoms with Crippen molar-refractivity contribution in [3.05, 3.63) is 106 Å². The Morgan fingerprint density at radius 2 is 1.50 bits per heavy atom. The average Bonchev–Trinajstić information content (AvgIpc) is 2.69. The fourth-order valence-electron chi connectivity index (χ4n) is 3.40. The molecule has 4 aromatic rings. The van der Waals surface area contributed by atoms with Crippen LogP contribution in [0.15, 0.2) is 89.4 Å². The molecule has 0 N–H and O–H groups in total. The van der Waals surface area contributed by atoms with Crippen molar-refractivity contribution >= 4 is 32.5 Å². The second kappa shape index (κ2) is 6.89. The SMILES string of the molecule is Cc1c(-c2cc(Br)ccc2C(=O)c2ccccc2)ccc2ccccc12. The number of carbonyl (C=O) groups is 1. The van der Waals surface area contributed by atoms with Gasteiger partial charge in [-0.15, -0.1) is 0 Å². The van der Waals surface area contributed by atoms with Crippen LogP contribution in [0.2, 0.25) is 0 Å². The van der Waals surface area contributed by atoms with Gasteiger partial charge in [0.15, 0.2) is 5.78 Å². The van der Waals surface area contributed by atoms with E-state index < -0.39 is 0 Å². The van der Waals surface area contributed by atoms with Crippen molar-refractivity contribution in [3.63, 3.8) is 0 Å². The Morgan fingerprint density at radius 1 is 0.769 bits per heavy atom. The van der Waals surface area contributed by atoms with Gasteiger partial charge in [-0.05, 0) is 52.6 Å². The predicted octanol–water partition coefficient (Wildman–Crippen LogP) is 6.81. The highest BCUT2D eigenvalue weighted by atomic mass is 79.9. The monoisotopic (exact) mass is 400 g/mol. The molecule has 2 heteroatoms. The van der Waals surface area contributed by atoms with Gasteiger partial charge in [-0.2, -0.15) is 0 Å². The number of carbonyl (C=O) groups excluding carboxylic acids is 1. The molecule has 0 atom stereocenters. The first-order valence-corrected chi connectivity index (χ1v) is 9.32. The van der Waals surface area contributed by atoms with Crippen LogP contribution in [-0.2, 0) is 0 Å².